The van der Waals surface area contributed by atoms with E-state index in [1.54, 1.807) is 7.11 Å². The first kappa shape index (κ1) is 105. The van der Waals surface area contributed by atoms with Crippen LogP contribution in [-0.4, -0.2) is 442 Å². The van der Waals surface area contributed by atoms with E-state index < -0.39 is 35.6 Å². The zero-order chi connectivity index (χ0) is 79.8. The van der Waals surface area contributed by atoms with E-state index >= 15 is 0 Å². The van der Waals surface area contributed by atoms with Crippen LogP contribution in [0, 0.1) is 0 Å². The summed E-state index contributed by atoms with van der Waals surface area (Å²) >= 11 is 0. The van der Waals surface area contributed by atoms with E-state index in [1.807, 2.05) is 0 Å². The smallest absolute Gasteiger partial charge is 0.303 e. The van der Waals surface area contributed by atoms with Gasteiger partial charge in [0.05, 0.1) is 363 Å². The van der Waals surface area contributed by atoms with Gasteiger partial charge in [0.25, 0.3) is 11.8 Å². The number of hydrogen-bond acceptors (Lipinski definition) is 34. The monoisotopic (exact) mass is 1610 g/mol. The summed E-state index contributed by atoms with van der Waals surface area (Å²) in [5.41, 5.74) is 0. The van der Waals surface area contributed by atoms with Gasteiger partial charge < -0.3 is 154 Å². The molecule has 39 heteroatoms. The van der Waals surface area contributed by atoms with E-state index in [2.05, 4.69) is 16.0 Å². The van der Waals surface area contributed by atoms with Gasteiger partial charge in [-0.3, -0.25) is 33.7 Å². The molecule has 0 aromatic carbocycles. The molecule has 1 rings (SSSR count). The number of methoxy groups -OCH3 is 1. The summed E-state index contributed by atoms with van der Waals surface area (Å²) in [7, 11) is 1.64. The molecule has 111 heavy (non-hydrogen) atoms. The number of aliphatic carboxylic acids is 1. The molecule has 1 aliphatic heterocycles. The van der Waals surface area contributed by atoms with Crippen LogP contribution in [0.15, 0.2) is 12.2 Å². The molecule has 0 saturated heterocycles. The second-order valence-corrected chi connectivity index (χ2v) is 22.9. The number of carboxylic acids is 1. The first-order valence-electron chi connectivity index (χ1n) is 38.4. The van der Waals surface area contributed by atoms with Crippen molar-refractivity contribution >= 4 is 35.5 Å². The fourth-order valence-electron chi connectivity index (χ4n) is 8.40. The van der Waals surface area contributed by atoms with Crippen LogP contribution < -0.4 is 16.0 Å². The molecule has 1 atom stereocenters. The molecule has 0 fully saturated rings. The van der Waals surface area contributed by atoms with Gasteiger partial charge in [0.1, 0.15) is 6.04 Å². The Balaban J connectivity index is 1.71. The molecule has 0 bridgehead atoms. The van der Waals surface area contributed by atoms with E-state index in [0.29, 0.717) is 324 Å². The van der Waals surface area contributed by atoms with Crippen molar-refractivity contribution in [2.75, 3.05) is 390 Å². The molecule has 0 aliphatic carbocycles. The molecular formula is C72H134N4O35. The highest BCUT2D eigenvalue weighted by molar-refractivity contribution is 6.13. The topological polar surface area (TPSA) is 420 Å². The Hall–Kier alpha value is -4.36. The van der Waals surface area contributed by atoms with Crippen molar-refractivity contribution in [2.24, 2.45) is 0 Å². The number of carbonyl (C=O) groups is 6. The lowest BCUT2D eigenvalue weighted by Crippen LogP contribution is -2.47. The largest absolute Gasteiger partial charge is 0.481 e. The summed E-state index contributed by atoms with van der Waals surface area (Å²) in [4.78, 5) is 72.5. The highest BCUT2D eigenvalue weighted by atomic mass is 16.6. The third-order valence-electron chi connectivity index (χ3n) is 14.1. The zero-order valence-electron chi connectivity index (χ0n) is 65.8. The van der Waals surface area contributed by atoms with Gasteiger partial charge in [-0.2, -0.15) is 0 Å². The second-order valence-electron chi connectivity index (χ2n) is 22.9. The van der Waals surface area contributed by atoms with Crippen LogP contribution in [-0.2, 0) is 161 Å². The Labute approximate surface area is 654 Å². The predicted molar refractivity (Wildman–Crippen MR) is 394 cm³/mol. The quantitative estimate of drug-likeness (QED) is 0.0392. The average Bonchev–Trinajstić information content (AvgIpc) is 1.76. The van der Waals surface area contributed by atoms with Crippen molar-refractivity contribution in [1.29, 1.82) is 0 Å². The lowest BCUT2D eigenvalue weighted by atomic mass is 10.1. The van der Waals surface area contributed by atoms with Gasteiger partial charge >= 0.3 is 5.97 Å². The summed E-state index contributed by atoms with van der Waals surface area (Å²) in [6.45, 7) is 23.9. The maximum absolute atomic E-state index is 12.8. The van der Waals surface area contributed by atoms with Gasteiger partial charge in [-0.1, -0.05) is 0 Å². The fraction of sp³-hybridized carbons (Fsp3) is 0.889. The normalized spacial score (nSPS) is 12.5. The Morgan fingerprint density at radius 2 is 0.486 bits per heavy atom. The molecule has 1 heterocycles. The zero-order valence-corrected chi connectivity index (χ0v) is 65.8. The number of carbonyl (C=O) groups excluding carboxylic acids is 5. The van der Waals surface area contributed by atoms with E-state index in [4.69, 9.17) is 138 Å². The Morgan fingerprint density at radius 1 is 0.279 bits per heavy atom. The number of rotatable bonds is 95. The SMILES string of the molecule is COCCOCCOCCOCCOCCOCCOCCOCCOCCOCCOCCOCCOCCOCCOCCOCCOCCOCCOCCOCCOCCOCCOCCOCCNC(=O)[C@H](CCC(=O)O)NC(=O)CCOCCOCCOCCOCCNC(=O)CCN1C(=O)C=CC1=O. The maximum Gasteiger partial charge on any atom is 0.303 e. The molecule has 39 nitrogen and oxygen atoms in total. The van der Waals surface area contributed by atoms with Crippen LogP contribution in [0.25, 0.3) is 0 Å². The molecule has 4 N–H and O–H groups in total. The second kappa shape index (κ2) is 88.0. The first-order chi connectivity index (χ1) is 54.7. The van der Waals surface area contributed by atoms with E-state index in [-0.39, 0.29) is 90.9 Å². The van der Waals surface area contributed by atoms with Gasteiger partial charge in [-0.25, -0.2) is 0 Å². The highest BCUT2D eigenvalue weighted by Gasteiger charge is 2.24. The number of nitrogens with one attached hydrogen (secondary N) is 3. The minimum absolute atomic E-state index is 0.00570. The molecule has 652 valence electrons. The van der Waals surface area contributed by atoms with Crippen molar-refractivity contribution < 1.29 is 167 Å². The average molecular weight is 1620 g/mol. The van der Waals surface area contributed by atoms with Crippen molar-refractivity contribution in [3.63, 3.8) is 0 Å². The van der Waals surface area contributed by atoms with Gasteiger partial charge in [0, 0.05) is 58.2 Å². The summed E-state index contributed by atoms with van der Waals surface area (Å²) in [5, 5.41) is 17.0. The van der Waals surface area contributed by atoms with Gasteiger partial charge in [0.15, 0.2) is 0 Å². The third kappa shape index (κ3) is 80.6. The van der Waals surface area contributed by atoms with Gasteiger partial charge in [-0.15, -0.1) is 0 Å². The molecule has 1 aliphatic rings. The number of imide groups is 1. The Bertz CT molecular complexity index is 2070. The van der Waals surface area contributed by atoms with Crippen LogP contribution in [0.3, 0.4) is 0 Å². The fourth-order valence-corrected chi connectivity index (χ4v) is 8.40. The Kier molecular flexibility index (Phi) is 83.0. The van der Waals surface area contributed by atoms with Gasteiger partial charge in [-0.05, 0) is 6.42 Å². The number of nitrogens with zero attached hydrogens (tertiary/aromatic N) is 1. The lowest BCUT2D eigenvalue weighted by molar-refractivity contribution is -0.139. The third-order valence-corrected chi connectivity index (χ3v) is 14.1. The molecule has 0 aromatic rings. The van der Waals surface area contributed by atoms with Crippen LogP contribution in [0.5, 0.6) is 0 Å². The summed E-state index contributed by atoms with van der Waals surface area (Å²) in [6, 6.07) is -1.05. The highest BCUT2D eigenvalue weighted by Crippen LogP contribution is 2.05. The molecule has 0 spiro atoms. The lowest BCUT2D eigenvalue weighted by Gasteiger charge is -2.18. The van der Waals surface area contributed by atoms with Crippen molar-refractivity contribution in [2.45, 2.75) is 31.7 Å². The molecule has 0 radical (unpaired) electrons. The summed E-state index contributed by atoms with van der Waals surface area (Å²) < 4.78 is 153. The summed E-state index contributed by atoms with van der Waals surface area (Å²) in [5.74, 6) is -3.27. The molecule has 0 saturated carbocycles. The van der Waals surface area contributed by atoms with Gasteiger partial charge in [0.2, 0.25) is 17.7 Å². The standard InChI is InChI=1S/C72H134N4O35/c1-84-14-15-88-22-23-92-28-29-94-32-33-96-36-37-98-40-41-100-44-45-102-48-49-104-52-53-106-56-57-108-60-61-110-64-65-111-63-62-109-59-58-107-55-54-105-51-50-103-47-46-101-43-42-99-39-38-97-35-34-95-31-30-93-27-26-91-21-18-87-13-9-74-72(83)66(2-5-71(81)82)75-68(78)7-11-85-16-19-89-24-25-90-20-17-86-12-8-73-67(77)6-10-76-69(79)3-4-70(76)80/h3-4,66H,2,5-65H2,1H3,(H,73,77)(H,74,83)(H,75,78)(H,81,82)/t66-/m0/s1. The number of ether oxygens (including phenoxy) is 28. The van der Waals surface area contributed by atoms with E-state index in [0.717, 1.165) is 4.90 Å². The van der Waals surface area contributed by atoms with Crippen molar-refractivity contribution in [1.82, 2.24) is 20.9 Å². The minimum atomic E-state index is -1.10. The molecule has 5 amide bonds. The van der Waals surface area contributed by atoms with Crippen LogP contribution >= 0.6 is 0 Å². The first-order valence-corrected chi connectivity index (χ1v) is 38.4. The van der Waals surface area contributed by atoms with E-state index in [1.165, 1.54) is 12.2 Å². The Morgan fingerprint density at radius 3 is 0.712 bits per heavy atom. The van der Waals surface area contributed by atoms with Crippen molar-refractivity contribution in [3.05, 3.63) is 12.2 Å². The van der Waals surface area contributed by atoms with Crippen LogP contribution in [0.2, 0.25) is 0 Å². The van der Waals surface area contributed by atoms with Crippen molar-refractivity contribution in [3.8, 4) is 0 Å². The molecular weight excluding hydrogens is 1480 g/mol. The van der Waals surface area contributed by atoms with Crippen LogP contribution in [0.4, 0.5) is 0 Å². The number of amides is 5. The predicted octanol–water partition coefficient (Wildman–Crippen LogP) is -1.63. The number of hydrogen-bond donors (Lipinski definition) is 4. The maximum atomic E-state index is 12.8. The number of carboxylic acid groups (broad SMARTS) is 1. The minimum Gasteiger partial charge on any atom is -0.481 e. The van der Waals surface area contributed by atoms with E-state index in [9.17, 15) is 28.8 Å². The summed E-state index contributed by atoms with van der Waals surface area (Å²) in [6.07, 6.45) is 1.88. The molecule has 0 aromatic heterocycles. The molecule has 0 unspecified atom stereocenters. The van der Waals surface area contributed by atoms with Crippen LogP contribution in [0.1, 0.15) is 25.7 Å².